The first-order valence-corrected chi connectivity index (χ1v) is 13.1. The maximum absolute atomic E-state index is 2.41. The van der Waals surface area contributed by atoms with E-state index in [1.165, 1.54) is 84.0 Å². The van der Waals surface area contributed by atoms with Crippen molar-refractivity contribution >= 4 is 17.1 Å². The van der Waals surface area contributed by atoms with Crippen molar-refractivity contribution in [3.8, 4) is 0 Å². The van der Waals surface area contributed by atoms with Gasteiger partial charge in [0.2, 0.25) is 5.69 Å². The average molecular weight is 468 g/mol. The van der Waals surface area contributed by atoms with Gasteiger partial charge < -0.3 is 4.90 Å². The van der Waals surface area contributed by atoms with Gasteiger partial charge in [-0.15, -0.1) is 0 Å². The van der Waals surface area contributed by atoms with Gasteiger partial charge in [0.25, 0.3) is 0 Å². The molecule has 2 aliphatic heterocycles. The third-order valence-corrected chi connectivity index (χ3v) is 9.20. The molecule has 0 unspecified atom stereocenters. The van der Waals surface area contributed by atoms with Crippen molar-refractivity contribution in [3.05, 3.63) is 91.2 Å². The molecule has 4 rings (SSSR count). The summed E-state index contributed by atoms with van der Waals surface area (Å²) in [4.78, 5) is 2.41. The van der Waals surface area contributed by atoms with Crippen molar-refractivity contribution in [3.63, 3.8) is 0 Å². The van der Waals surface area contributed by atoms with Crippen LogP contribution in [0.25, 0.3) is 0 Å². The molecule has 2 aromatic rings. The van der Waals surface area contributed by atoms with Gasteiger partial charge in [0.1, 0.15) is 7.05 Å². The zero-order valence-electron chi connectivity index (χ0n) is 23.8. The second kappa shape index (κ2) is 9.30. The molecule has 2 nitrogen and oxygen atoms in total. The Balaban J connectivity index is 1.62. The van der Waals surface area contributed by atoms with Crippen LogP contribution in [0.1, 0.15) is 69.0 Å². The number of allylic oxidation sites excluding steroid dienone is 6. The molecule has 0 aliphatic carbocycles. The van der Waals surface area contributed by atoms with Gasteiger partial charge in [-0.2, -0.15) is 4.58 Å². The zero-order chi connectivity index (χ0) is 25.8. The molecule has 184 valence electrons. The lowest BCUT2D eigenvalue weighted by Crippen LogP contribution is -2.12. The summed E-state index contributed by atoms with van der Waals surface area (Å²) >= 11 is 0. The molecule has 2 aromatic carbocycles. The second-order valence-corrected chi connectivity index (χ2v) is 10.7. The Morgan fingerprint density at radius 2 is 1.34 bits per heavy atom. The van der Waals surface area contributed by atoms with Crippen LogP contribution in [0.3, 0.4) is 0 Å². The molecule has 0 bridgehead atoms. The van der Waals surface area contributed by atoms with E-state index in [0.29, 0.717) is 0 Å². The van der Waals surface area contributed by atoms with Crippen molar-refractivity contribution in [2.24, 2.45) is 0 Å². The van der Waals surface area contributed by atoms with Gasteiger partial charge in [0.05, 0.1) is 6.42 Å². The van der Waals surface area contributed by atoms with Crippen LogP contribution in [-0.4, -0.2) is 24.4 Å². The second-order valence-electron chi connectivity index (χ2n) is 10.7. The third-order valence-electron chi connectivity index (χ3n) is 9.20. The van der Waals surface area contributed by atoms with E-state index in [0.717, 1.165) is 19.3 Å². The fourth-order valence-electron chi connectivity index (χ4n) is 6.01. The molecule has 0 saturated heterocycles. The Hall–Kier alpha value is -2.87. The molecule has 0 N–H and O–H groups in total. The number of fused-ring (bicyclic) bond motifs is 2. The van der Waals surface area contributed by atoms with Crippen LogP contribution >= 0.6 is 0 Å². The number of rotatable bonds is 4. The number of nitrogens with zero attached hydrogens (tertiary/aromatic N) is 2. The van der Waals surface area contributed by atoms with Gasteiger partial charge in [0.15, 0.2) is 5.71 Å². The lowest BCUT2D eigenvalue weighted by Gasteiger charge is -2.20. The highest BCUT2D eigenvalue weighted by Gasteiger charge is 2.31. The molecular weight excluding hydrogens is 424 g/mol. The van der Waals surface area contributed by atoms with E-state index in [-0.39, 0.29) is 0 Å². The van der Waals surface area contributed by atoms with Crippen molar-refractivity contribution < 1.29 is 4.58 Å². The number of anilines is 1. The van der Waals surface area contributed by atoms with E-state index in [4.69, 9.17) is 0 Å². The highest BCUT2D eigenvalue weighted by Crippen LogP contribution is 2.41. The van der Waals surface area contributed by atoms with Crippen LogP contribution in [0.2, 0.25) is 0 Å². The van der Waals surface area contributed by atoms with Crippen molar-refractivity contribution in [2.75, 3.05) is 19.0 Å². The maximum atomic E-state index is 2.41. The van der Waals surface area contributed by atoms with Gasteiger partial charge in [-0.05, 0) is 118 Å². The van der Waals surface area contributed by atoms with Gasteiger partial charge in [-0.3, -0.25) is 0 Å². The summed E-state index contributed by atoms with van der Waals surface area (Å²) in [5.74, 6) is 0. The minimum atomic E-state index is 1.02. The first-order valence-electron chi connectivity index (χ1n) is 13.1. The molecule has 2 heterocycles. The predicted octanol–water partition coefficient (Wildman–Crippen LogP) is 7.89. The largest absolute Gasteiger partial charge is 0.347 e. The van der Waals surface area contributed by atoms with Crippen LogP contribution in [0.4, 0.5) is 11.4 Å². The first-order chi connectivity index (χ1) is 16.5. The third kappa shape index (κ3) is 4.01. The Bertz CT molecular complexity index is 1360. The van der Waals surface area contributed by atoms with Crippen LogP contribution in [0.5, 0.6) is 0 Å². The zero-order valence-corrected chi connectivity index (χ0v) is 23.8. The lowest BCUT2D eigenvalue weighted by molar-refractivity contribution is -0.401. The van der Waals surface area contributed by atoms with Crippen molar-refractivity contribution in [2.45, 2.75) is 81.6 Å². The summed E-state index contributed by atoms with van der Waals surface area (Å²) in [6.07, 6.45) is 12.4. The summed E-state index contributed by atoms with van der Waals surface area (Å²) in [7, 11) is 4.45. The molecule has 0 amide bonds. The molecule has 0 spiro atoms. The summed E-state index contributed by atoms with van der Waals surface area (Å²) in [5, 5.41) is 0. The van der Waals surface area contributed by atoms with Crippen LogP contribution in [0, 0.1) is 55.4 Å². The lowest BCUT2D eigenvalue weighted by atomic mass is 9.91. The quantitative estimate of drug-likeness (QED) is 0.327. The summed E-state index contributed by atoms with van der Waals surface area (Å²) < 4.78 is 2.41. The number of hydrogen-bond acceptors (Lipinski definition) is 1. The molecule has 35 heavy (non-hydrogen) atoms. The number of likely N-dealkylation sites (N-methyl/N-ethyl adjacent to an activating group) is 1. The van der Waals surface area contributed by atoms with Crippen molar-refractivity contribution in [1.29, 1.82) is 0 Å². The SMILES string of the molecule is CCC(/C=C/C1=[N+](C)c2c(C)c(C)c(C)c(C)c2C1)=C\C=C1/Cc2c(C)c(C)c(C)c(C)c2N1C. The van der Waals surface area contributed by atoms with E-state index < -0.39 is 0 Å². The molecule has 0 aromatic heterocycles. The van der Waals surface area contributed by atoms with Gasteiger partial charge in [-0.1, -0.05) is 19.1 Å². The van der Waals surface area contributed by atoms with E-state index in [1.54, 1.807) is 0 Å². The Morgan fingerprint density at radius 3 is 1.97 bits per heavy atom. The fraction of sp³-hybridized carbons (Fsp3) is 0.424. The van der Waals surface area contributed by atoms with E-state index in [1.807, 2.05) is 0 Å². The standard InChI is InChI=1S/C33H43N2/c1-12-27(13-15-28-17-30-23(6)19(2)21(4)25(8)32(30)34(28)10)14-16-29-18-31-24(7)20(3)22(5)26(9)33(31)35(29)11/h13-16H,12,17-18H2,1-11H3/q+1. The van der Waals surface area contributed by atoms with E-state index in [2.05, 4.69) is 110 Å². The Kier molecular flexibility index (Phi) is 6.70. The molecule has 0 radical (unpaired) electrons. The van der Waals surface area contributed by atoms with E-state index in [9.17, 15) is 0 Å². The first kappa shape index (κ1) is 25.2. The number of hydrogen-bond donors (Lipinski definition) is 0. The van der Waals surface area contributed by atoms with Gasteiger partial charge in [0, 0.05) is 42.1 Å². The summed E-state index contributed by atoms with van der Waals surface area (Å²) in [6.45, 7) is 20.4. The van der Waals surface area contributed by atoms with E-state index >= 15 is 0 Å². The van der Waals surface area contributed by atoms with Crippen LogP contribution < -0.4 is 4.90 Å². The Morgan fingerprint density at radius 1 is 0.771 bits per heavy atom. The van der Waals surface area contributed by atoms with Gasteiger partial charge in [-0.25, -0.2) is 0 Å². The minimum absolute atomic E-state index is 1.02. The summed E-state index contributed by atoms with van der Waals surface area (Å²) in [6, 6.07) is 0. The normalized spacial score (nSPS) is 16.8. The molecule has 0 atom stereocenters. The molecule has 2 aliphatic rings. The van der Waals surface area contributed by atoms with Crippen LogP contribution in [-0.2, 0) is 12.8 Å². The smallest absolute Gasteiger partial charge is 0.212 e. The van der Waals surface area contributed by atoms with Crippen molar-refractivity contribution in [1.82, 2.24) is 0 Å². The van der Waals surface area contributed by atoms with Gasteiger partial charge >= 0.3 is 0 Å². The summed E-state index contributed by atoms with van der Waals surface area (Å²) in [5.41, 5.74) is 21.4. The average Bonchev–Trinajstić information content (AvgIpc) is 3.35. The minimum Gasteiger partial charge on any atom is -0.347 e. The maximum Gasteiger partial charge on any atom is 0.212 e. The molecular formula is C33H43N2+. The number of benzene rings is 2. The Labute approximate surface area is 213 Å². The fourth-order valence-corrected chi connectivity index (χ4v) is 6.01. The monoisotopic (exact) mass is 467 g/mol. The molecule has 0 saturated carbocycles. The highest BCUT2D eigenvalue weighted by molar-refractivity contribution is 5.97. The highest BCUT2D eigenvalue weighted by atomic mass is 15.1. The molecule has 2 heteroatoms. The predicted molar refractivity (Wildman–Crippen MR) is 153 cm³/mol. The molecule has 0 fully saturated rings. The van der Waals surface area contributed by atoms with Crippen LogP contribution in [0.15, 0.2) is 35.6 Å². The topological polar surface area (TPSA) is 6.25 Å².